The number of benzene rings is 4. The van der Waals surface area contributed by atoms with Gasteiger partial charge >= 0.3 is 0 Å². The first-order valence-corrected chi connectivity index (χ1v) is 24.6. The molecule has 0 fully saturated rings. The molecule has 0 aliphatic heterocycles. The molecule has 4 aliphatic carbocycles. The van der Waals surface area contributed by atoms with Gasteiger partial charge < -0.3 is 14.8 Å². The van der Waals surface area contributed by atoms with Crippen LogP contribution in [0.3, 0.4) is 0 Å². The number of hydrogen-bond acceptors (Lipinski definition) is 2. The summed E-state index contributed by atoms with van der Waals surface area (Å²) in [4.78, 5) is 2.37. The van der Waals surface area contributed by atoms with Crippen molar-refractivity contribution in [2.75, 3.05) is 10.2 Å². The SMILES string of the molecule is C/C=C\C(C)=C(/C)c1c(/C=C/C=C/N(C2=CCC(C)(C)c3cc4c(cc3CC=C2)C(C)(C)C2=C(n3cccc3)CC(C)C=C24)c2ccc(C3C=C=CC=CC3)cc2)cccc1Nc1ccccc1. The third-order valence-electron chi connectivity index (χ3n) is 14.5. The Bertz CT molecular complexity index is 3030. The molecule has 9 rings (SSSR count). The highest BCUT2D eigenvalue weighted by Gasteiger charge is 2.43. The molecule has 3 heteroatoms. The summed E-state index contributed by atoms with van der Waals surface area (Å²) < 4.78 is 2.36. The third-order valence-corrected chi connectivity index (χ3v) is 14.5. The summed E-state index contributed by atoms with van der Waals surface area (Å²) >= 11 is 0. The van der Waals surface area contributed by atoms with Gasteiger partial charge in [-0.15, -0.1) is 5.73 Å². The minimum Gasteiger partial charge on any atom is -0.355 e. The maximum absolute atomic E-state index is 3.71. The van der Waals surface area contributed by atoms with Crippen LogP contribution in [0.5, 0.6) is 0 Å². The topological polar surface area (TPSA) is 20.2 Å². The molecule has 0 bridgehead atoms. The largest absolute Gasteiger partial charge is 0.355 e. The molecule has 0 amide bonds. The molecular formula is C65H67N3. The van der Waals surface area contributed by atoms with Crippen LogP contribution in [-0.4, -0.2) is 4.57 Å². The fourth-order valence-electron chi connectivity index (χ4n) is 10.8. The van der Waals surface area contributed by atoms with E-state index in [-0.39, 0.29) is 10.8 Å². The molecule has 2 unspecified atom stereocenters. The molecule has 1 N–H and O–H groups in total. The molecule has 68 heavy (non-hydrogen) atoms. The highest BCUT2D eigenvalue weighted by molar-refractivity contribution is 5.96. The maximum Gasteiger partial charge on any atom is 0.0466 e. The average molecular weight is 890 g/mol. The first-order valence-electron chi connectivity index (χ1n) is 24.6. The van der Waals surface area contributed by atoms with Crippen molar-refractivity contribution >= 4 is 40.0 Å². The Kier molecular flexibility index (Phi) is 13.3. The molecule has 4 aliphatic rings. The van der Waals surface area contributed by atoms with Gasteiger partial charge in [0.05, 0.1) is 0 Å². The van der Waals surface area contributed by atoms with Gasteiger partial charge in [-0.05, 0) is 180 Å². The summed E-state index contributed by atoms with van der Waals surface area (Å²) in [6, 6.07) is 35.6. The van der Waals surface area contributed by atoms with E-state index >= 15 is 0 Å². The number of para-hydroxylation sites is 1. The lowest BCUT2D eigenvalue weighted by molar-refractivity contribution is 0.527. The van der Waals surface area contributed by atoms with Crippen LogP contribution in [0.25, 0.3) is 22.9 Å². The smallest absolute Gasteiger partial charge is 0.0466 e. The first-order chi connectivity index (χ1) is 32.9. The number of hydrogen-bond donors (Lipinski definition) is 1. The number of fused-ring (bicyclic) bond motifs is 4. The highest BCUT2D eigenvalue weighted by Crippen LogP contribution is 2.56. The van der Waals surface area contributed by atoms with Crippen molar-refractivity contribution < 1.29 is 0 Å². The van der Waals surface area contributed by atoms with E-state index in [1.165, 1.54) is 61.4 Å². The van der Waals surface area contributed by atoms with E-state index in [1.54, 1.807) is 0 Å². The van der Waals surface area contributed by atoms with Crippen LogP contribution in [0.2, 0.25) is 0 Å². The zero-order chi connectivity index (χ0) is 47.4. The number of anilines is 3. The monoisotopic (exact) mass is 890 g/mol. The van der Waals surface area contributed by atoms with Crippen LogP contribution in [0.15, 0.2) is 211 Å². The van der Waals surface area contributed by atoms with Crippen molar-refractivity contribution in [1.82, 2.24) is 4.57 Å². The molecule has 1 heterocycles. The molecule has 0 radical (unpaired) electrons. The van der Waals surface area contributed by atoms with Gasteiger partial charge in [0.25, 0.3) is 0 Å². The first kappa shape index (κ1) is 46.1. The van der Waals surface area contributed by atoms with E-state index in [9.17, 15) is 0 Å². The predicted molar refractivity (Wildman–Crippen MR) is 293 cm³/mol. The number of nitrogens with zero attached hydrogens (tertiary/aromatic N) is 2. The number of allylic oxidation sites excluding steroid dienone is 16. The van der Waals surface area contributed by atoms with Crippen molar-refractivity contribution in [3.05, 3.63) is 250 Å². The number of rotatable bonds is 11. The second-order valence-electron chi connectivity index (χ2n) is 20.2. The standard InChI is InChI=1S/C65H67N3/c1-9-23-47(3)48(4)62-51(27-22-32-60(62)66-53-29-15-12-16-30-53)26-17-18-41-68(55-35-33-50(34-36-55)49-24-13-10-11-14-25-49)54-31-21-28-52-44-59-56(45-58(52)64(5,6)38-37-54)57-42-46(2)43-61(63(57)65(59,7)8)67-39-19-20-40-67/h9-13,15-23,25-27,29-37,39-42,44-46,49,66H,24,28,38,43H2,1-8H3/b23-9-,26-17+,31-21?,41-18+,48-47+,54-37?. The van der Waals surface area contributed by atoms with Gasteiger partial charge in [-0.3, -0.25) is 0 Å². The van der Waals surface area contributed by atoms with E-state index in [1.807, 2.05) is 6.08 Å². The van der Waals surface area contributed by atoms with Crippen molar-refractivity contribution in [2.24, 2.45) is 5.92 Å². The molecule has 2 atom stereocenters. The van der Waals surface area contributed by atoms with Crippen LogP contribution < -0.4 is 10.2 Å². The number of nitrogens with one attached hydrogen (secondary N) is 1. The quantitative estimate of drug-likeness (QED) is 0.105. The molecule has 342 valence electrons. The third kappa shape index (κ3) is 9.42. The molecule has 0 spiro atoms. The molecule has 3 nitrogen and oxygen atoms in total. The van der Waals surface area contributed by atoms with E-state index in [0.717, 1.165) is 54.0 Å². The normalized spacial score (nSPS) is 19.8. The van der Waals surface area contributed by atoms with Gasteiger partial charge in [0.2, 0.25) is 0 Å². The van der Waals surface area contributed by atoms with Crippen molar-refractivity contribution in [3.63, 3.8) is 0 Å². The Balaban J connectivity index is 1.08. The summed E-state index contributed by atoms with van der Waals surface area (Å²) in [7, 11) is 0. The minimum atomic E-state index is -0.111. The van der Waals surface area contributed by atoms with Crippen molar-refractivity contribution in [1.29, 1.82) is 0 Å². The van der Waals surface area contributed by atoms with Crippen molar-refractivity contribution in [3.8, 4) is 0 Å². The molecule has 0 saturated heterocycles. The van der Waals surface area contributed by atoms with Crippen LogP contribution in [0, 0.1) is 5.92 Å². The summed E-state index contributed by atoms with van der Waals surface area (Å²) in [6.07, 6.45) is 39.6. The van der Waals surface area contributed by atoms with Gasteiger partial charge in [0.1, 0.15) is 0 Å². The van der Waals surface area contributed by atoms with E-state index < -0.39 is 0 Å². The lowest BCUT2D eigenvalue weighted by atomic mass is 9.75. The Morgan fingerprint density at radius 1 is 0.868 bits per heavy atom. The van der Waals surface area contributed by atoms with Crippen LogP contribution >= 0.6 is 0 Å². The van der Waals surface area contributed by atoms with E-state index in [0.29, 0.717) is 11.8 Å². The maximum atomic E-state index is 3.71. The van der Waals surface area contributed by atoms with E-state index in [4.69, 9.17) is 0 Å². The Morgan fingerprint density at radius 2 is 1.66 bits per heavy atom. The molecule has 0 saturated carbocycles. The lowest BCUT2D eigenvalue weighted by Gasteiger charge is -2.30. The van der Waals surface area contributed by atoms with Gasteiger partial charge in [0.15, 0.2) is 0 Å². The summed E-state index contributed by atoms with van der Waals surface area (Å²) in [5.41, 5.74) is 23.8. The zero-order valence-electron chi connectivity index (χ0n) is 41.4. The second kappa shape index (κ2) is 19.7. The zero-order valence-corrected chi connectivity index (χ0v) is 41.4. The number of aromatic nitrogens is 1. The Hall–Kier alpha value is -7.06. The van der Waals surface area contributed by atoms with Crippen LogP contribution in [0.1, 0.15) is 120 Å². The average Bonchev–Trinajstić information content (AvgIpc) is 3.85. The van der Waals surface area contributed by atoms with Gasteiger partial charge in [-0.25, -0.2) is 0 Å². The van der Waals surface area contributed by atoms with Gasteiger partial charge in [-0.1, -0.05) is 144 Å². The van der Waals surface area contributed by atoms with Crippen LogP contribution in [-0.2, 0) is 17.3 Å². The predicted octanol–water partition coefficient (Wildman–Crippen LogP) is 17.4. The lowest BCUT2D eigenvalue weighted by Crippen LogP contribution is -2.22. The molecule has 5 aromatic rings. The Labute approximate surface area is 406 Å². The van der Waals surface area contributed by atoms with Crippen molar-refractivity contribution in [2.45, 2.75) is 97.8 Å². The fraction of sp³-hybridized carbons (Fsp3) is 0.246. The van der Waals surface area contributed by atoms with E-state index in [2.05, 4.69) is 264 Å². The highest BCUT2D eigenvalue weighted by atomic mass is 15.1. The van der Waals surface area contributed by atoms with Gasteiger partial charge in [0, 0.05) is 63.9 Å². The summed E-state index contributed by atoms with van der Waals surface area (Å²) in [5, 5.41) is 3.71. The Morgan fingerprint density at radius 3 is 2.44 bits per heavy atom. The molecule has 4 aromatic carbocycles. The fourth-order valence-corrected chi connectivity index (χ4v) is 10.8. The molecule has 1 aromatic heterocycles. The summed E-state index contributed by atoms with van der Waals surface area (Å²) in [6.45, 7) is 18.6. The second-order valence-corrected chi connectivity index (χ2v) is 20.2. The summed E-state index contributed by atoms with van der Waals surface area (Å²) in [5.74, 6) is 0.771. The minimum absolute atomic E-state index is 0.104. The van der Waals surface area contributed by atoms with Gasteiger partial charge in [-0.2, -0.15) is 0 Å². The van der Waals surface area contributed by atoms with Crippen LogP contribution in [0.4, 0.5) is 17.1 Å². The molecular weight excluding hydrogens is 823 g/mol.